The van der Waals surface area contributed by atoms with Gasteiger partial charge in [0.15, 0.2) is 10.8 Å². The molecule has 4 heterocycles. The molecule has 8 nitrogen and oxygen atoms in total. The average molecular weight is 617 g/mol. The van der Waals surface area contributed by atoms with Crippen LogP contribution in [0.3, 0.4) is 0 Å². The molecule has 6 rings (SSSR count). The molecule has 0 spiro atoms. The van der Waals surface area contributed by atoms with Crippen molar-refractivity contribution in [3.05, 3.63) is 80.6 Å². The maximum absolute atomic E-state index is 13.9. The molecular formula is C34H41FN6O2S. The van der Waals surface area contributed by atoms with Crippen molar-refractivity contribution in [2.45, 2.75) is 71.4 Å². The van der Waals surface area contributed by atoms with Crippen LogP contribution in [0.1, 0.15) is 79.1 Å². The second kappa shape index (κ2) is 12.5. The highest BCUT2D eigenvalue weighted by Crippen LogP contribution is 2.38. The number of benzene rings is 1. The predicted molar refractivity (Wildman–Crippen MR) is 173 cm³/mol. The zero-order valence-corrected chi connectivity index (χ0v) is 26.5. The number of rotatable bonds is 7. The molecule has 44 heavy (non-hydrogen) atoms. The van der Waals surface area contributed by atoms with Crippen LogP contribution in [-0.4, -0.2) is 51.4 Å². The van der Waals surface area contributed by atoms with Crippen LogP contribution in [0.2, 0.25) is 0 Å². The molecule has 1 aliphatic heterocycles. The van der Waals surface area contributed by atoms with E-state index in [0.29, 0.717) is 16.5 Å². The normalized spacial score (nSPS) is 18.7. The molecule has 2 atom stereocenters. The van der Waals surface area contributed by atoms with Gasteiger partial charge in [0, 0.05) is 30.0 Å². The van der Waals surface area contributed by atoms with Gasteiger partial charge in [-0.2, -0.15) is 0 Å². The van der Waals surface area contributed by atoms with E-state index in [1.807, 2.05) is 24.3 Å². The lowest BCUT2D eigenvalue weighted by Gasteiger charge is -2.34. The molecule has 4 N–H and O–H groups in total. The summed E-state index contributed by atoms with van der Waals surface area (Å²) in [6.45, 7) is 9.62. The number of H-pyrrole nitrogens is 1. The van der Waals surface area contributed by atoms with Gasteiger partial charge in [-0.05, 0) is 91.8 Å². The van der Waals surface area contributed by atoms with Crippen molar-refractivity contribution >= 4 is 27.6 Å². The lowest BCUT2D eigenvalue weighted by atomic mass is 9.71. The SMILES string of the molecule is CC(C)(C)[C@H]1CCc2nc3sc(C(=O)N[C@H](CCN4CCC(N)CC4)c4ccc(-c5c[nH]c(=O)c(F)c5)cc4)nc3cc2C1. The first-order chi connectivity index (χ1) is 21.0. The smallest absolute Gasteiger partial charge is 0.283 e. The van der Waals surface area contributed by atoms with Gasteiger partial charge in [0.05, 0.1) is 6.04 Å². The Labute approximate surface area is 261 Å². The van der Waals surface area contributed by atoms with Crippen LogP contribution in [0, 0.1) is 17.2 Å². The first-order valence-corrected chi connectivity index (χ1v) is 16.4. The van der Waals surface area contributed by atoms with Crippen molar-refractivity contribution < 1.29 is 9.18 Å². The quantitative estimate of drug-likeness (QED) is 0.248. The Bertz CT molecular complexity index is 1700. The summed E-state index contributed by atoms with van der Waals surface area (Å²) in [4.78, 5) is 40.4. The lowest BCUT2D eigenvalue weighted by Crippen LogP contribution is -2.41. The molecule has 10 heteroatoms. The molecule has 0 unspecified atom stereocenters. The second-order valence-electron chi connectivity index (χ2n) is 13.4. The van der Waals surface area contributed by atoms with Gasteiger partial charge >= 0.3 is 0 Å². The monoisotopic (exact) mass is 616 g/mol. The number of thiazole rings is 1. The number of hydrogen-bond donors (Lipinski definition) is 3. The molecule has 0 bridgehead atoms. The topological polar surface area (TPSA) is 117 Å². The maximum Gasteiger partial charge on any atom is 0.283 e. The summed E-state index contributed by atoms with van der Waals surface area (Å²) in [6.07, 6.45) is 7.25. The van der Waals surface area contributed by atoms with Crippen LogP contribution in [0.5, 0.6) is 0 Å². The minimum atomic E-state index is -0.821. The van der Waals surface area contributed by atoms with Gasteiger partial charge in [-0.15, -0.1) is 0 Å². The highest BCUT2D eigenvalue weighted by atomic mass is 32.1. The molecular weight excluding hydrogens is 575 g/mol. The molecule has 1 fully saturated rings. The molecule has 4 aromatic rings. The second-order valence-corrected chi connectivity index (χ2v) is 14.4. The fourth-order valence-electron chi connectivity index (χ4n) is 6.41. The van der Waals surface area contributed by atoms with Gasteiger partial charge < -0.3 is 20.9 Å². The summed E-state index contributed by atoms with van der Waals surface area (Å²) >= 11 is 1.35. The average Bonchev–Trinajstić information content (AvgIpc) is 3.42. The standard InChI is InChI=1S/C34H41FN6O2S/c1-34(2,3)24-8-9-27-22(16-24)18-29-32(39-27)44-33(40-29)31(43)38-28(12-15-41-13-10-25(36)11-14-41)21-6-4-20(5-7-21)23-17-26(35)30(42)37-19-23/h4-7,17-19,24-25,28H,8-16,36H2,1-3H3,(H,37,42)(H,38,43)/t24-,28+/m0/s1. The Morgan fingerprint density at radius 1 is 1.14 bits per heavy atom. The van der Waals surface area contributed by atoms with Crippen molar-refractivity contribution in [3.8, 4) is 11.1 Å². The third kappa shape index (κ3) is 6.77. The molecule has 1 aliphatic carbocycles. The molecule has 1 amide bonds. The van der Waals surface area contributed by atoms with Crippen molar-refractivity contribution in [2.24, 2.45) is 17.1 Å². The fourth-order valence-corrected chi connectivity index (χ4v) is 7.25. The van der Waals surface area contributed by atoms with Crippen LogP contribution in [0.15, 0.2) is 47.4 Å². The molecule has 1 aromatic carbocycles. The number of carbonyl (C=O) groups is 1. The third-order valence-electron chi connectivity index (χ3n) is 9.34. The molecule has 0 saturated carbocycles. The summed E-state index contributed by atoms with van der Waals surface area (Å²) in [5.74, 6) is -0.434. The number of aromatic amines is 1. The third-order valence-corrected chi connectivity index (χ3v) is 10.3. The van der Waals surface area contributed by atoms with E-state index in [1.54, 1.807) is 0 Å². The number of piperidine rings is 1. The van der Waals surface area contributed by atoms with Crippen LogP contribution >= 0.6 is 11.3 Å². The Balaban J connectivity index is 1.22. The summed E-state index contributed by atoms with van der Waals surface area (Å²) in [6, 6.07) is 11.1. The van der Waals surface area contributed by atoms with Crippen molar-refractivity contribution in [1.82, 2.24) is 25.2 Å². The van der Waals surface area contributed by atoms with E-state index in [9.17, 15) is 14.0 Å². The molecule has 232 valence electrons. The van der Waals surface area contributed by atoms with Gasteiger partial charge in [0.25, 0.3) is 11.5 Å². The predicted octanol–water partition coefficient (Wildman–Crippen LogP) is 5.62. The van der Waals surface area contributed by atoms with Crippen molar-refractivity contribution in [1.29, 1.82) is 0 Å². The zero-order valence-electron chi connectivity index (χ0n) is 25.7. The summed E-state index contributed by atoms with van der Waals surface area (Å²) in [5.41, 5.74) is 11.1. The van der Waals surface area contributed by atoms with Gasteiger partial charge in [-0.25, -0.2) is 14.4 Å². The Morgan fingerprint density at radius 3 is 2.59 bits per heavy atom. The van der Waals surface area contributed by atoms with E-state index in [2.05, 4.69) is 42.0 Å². The Morgan fingerprint density at radius 2 is 1.89 bits per heavy atom. The van der Waals surface area contributed by atoms with Gasteiger partial charge in [-0.1, -0.05) is 56.4 Å². The van der Waals surface area contributed by atoms with Crippen molar-refractivity contribution in [3.63, 3.8) is 0 Å². The Hall–Kier alpha value is -3.47. The number of pyridine rings is 2. The van der Waals surface area contributed by atoms with Gasteiger partial charge in [-0.3, -0.25) is 9.59 Å². The first kappa shape index (κ1) is 30.6. The minimum absolute atomic E-state index is 0.212. The number of nitrogens with two attached hydrogens (primary N) is 1. The van der Waals surface area contributed by atoms with Crippen molar-refractivity contribution in [2.75, 3.05) is 19.6 Å². The largest absolute Gasteiger partial charge is 0.343 e. The number of amides is 1. The highest BCUT2D eigenvalue weighted by molar-refractivity contribution is 7.19. The number of fused-ring (bicyclic) bond motifs is 2. The summed E-state index contributed by atoms with van der Waals surface area (Å²) in [7, 11) is 0. The number of nitrogens with one attached hydrogen (secondary N) is 2. The number of carbonyl (C=O) groups excluding carboxylic acids is 1. The summed E-state index contributed by atoms with van der Waals surface area (Å²) < 4.78 is 13.9. The molecule has 0 radical (unpaired) electrons. The summed E-state index contributed by atoms with van der Waals surface area (Å²) in [5, 5.41) is 3.67. The number of likely N-dealkylation sites (tertiary alicyclic amines) is 1. The zero-order chi connectivity index (χ0) is 31.0. The highest BCUT2D eigenvalue weighted by Gasteiger charge is 2.30. The van der Waals surface area contributed by atoms with E-state index in [-0.39, 0.29) is 23.4 Å². The van der Waals surface area contributed by atoms with E-state index >= 15 is 0 Å². The lowest BCUT2D eigenvalue weighted by molar-refractivity contribution is 0.0929. The van der Waals surface area contributed by atoms with E-state index in [1.165, 1.54) is 29.2 Å². The van der Waals surface area contributed by atoms with Gasteiger partial charge in [0.1, 0.15) is 10.3 Å². The van der Waals surface area contributed by atoms with E-state index in [4.69, 9.17) is 15.7 Å². The van der Waals surface area contributed by atoms with Crippen LogP contribution < -0.4 is 16.6 Å². The number of nitrogens with zero attached hydrogens (tertiary/aromatic N) is 3. The molecule has 3 aromatic heterocycles. The van der Waals surface area contributed by atoms with Crippen LogP contribution in [0.25, 0.3) is 21.5 Å². The Kier molecular flexibility index (Phi) is 8.68. The van der Waals surface area contributed by atoms with Gasteiger partial charge in [0.2, 0.25) is 0 Å². The number of halogens is 1. The minimum Gasteiger partial charge on any atom is -0.343 e. The van der Waals surface area contributed by atoms with E-state index in [0.717, 1.165) is 85.3 Å². The maximum atomic E-state index is 13.9. The van der Waals surface area contributed by atoms with Crippen LogP contribution in [-0.2, 0) is 12.8 Å². The number of hydrogen-bond acceptors (Lipinski definition) is 7. The molecule has 1 saturated heterocycles. The fraction of sp³-hybridized carbons (Fsp3) is 0.471. The van der Waals surface area contributed by atoms with Crippen LogP contribution in [0.4, 0.5) is 4.39 Å². The number of aryl methyl sites for hydroxylation is 1. The first-order valence-electron chi connectivity index (χ1n) is 15.6. The number of aromatic nitrogens is 3. The van der Waals surface area contributed by atoms with E-state index < -0.39 is 11.4 Å². The molecule has 2 aliphatic rings.